The van der Waals surface area contributed by atoms with Gasteiger partial charge in [0.1, 0.15) is 0 Å². The van der Waals surface area contributed by atoms with Gasteiger partial charge in [-0.05, 0) is 35.6 Å². The molecule has 0 saturated heterocycles. The number of rotatable bonds is 2. The minimum Gasteiger partial charge on any atom is -0.256 e. The second-order valence-corrected chi connectivity index (χ2v) is 6.36. The Morgan fingerprint density at radius 2 is 1.52 bits per heavy atom. The summed E-state index contributed by atoms with van der Waals surface area (Å²) in [5, 5.41) is 0. The number of hydrogen-bond acceptors (Lipinski definition) is 1. The van der Waals surface area contributed by atoms with Crippen molar-refractivity contribution in [2.45, 2.75) is 33.4 Å². The average Bonchev–Trinajstić information content (AvgIpc) is 2.37. The van der Waals surface area contributed by atoms with Gasteiger partial charge in [-0.25, -0.2) is 0 Å². The van der Waals surface area contributed by atoms with Gasteiger partial charge in [0.25, 0.3) is 0 Å². The quantitative estimate of drug-likeness (QED) is 0.726. The van der Waals surface area contributed by atoms with E-state index in [9.17, 15) is 13.2 Å². The van der Waals surface area contributed by atoms with Gasteiger partial charge in [0, 0.05) is 11.8 Å². The van der Waals surface area contributed by atoms with Crippen molar-refractivity contribution in [2.24, 2.45) is 5.41 Å². The minimum atomic E-state index is -4.30. The maximum atomic E-state index is 12.5. The predicted octanol–water partition coefficient (Wildman–Crippen LogP) is 5.36. The van der Waals surface area contributed by atoms with E-state index in [0.29, 0.717) is 11.3 Å². The number of nitrogens with zero attached hydrogens (tertiary/aromatic N) is 1. The van der Waals surface area contributed by atoms with E-state index >= 15 is 0 Å². The Labute approximate surface area is 122 Å². The molecule has 21 heavy (non-hydrogen) atoms. The number of halogens is 3. The summed E-state index contributed by atoms with van der Waals surface area (Å²) >= 11 is 0. The number of alkyl halides is 3. The van der Waals surface area contributed by atoms with Gasteiger partial charge >= 0.3 is 6.18 Å². The highest BCUT2D eigenvalue weighted by atomic mass is 19.4. The Morgan fingerprint density at radius 3 is 1.95 bits per heavy atom. The van der Waals surface area contributed by atoms with Crippen molar-refractivity contribution < 1.29 is 13.2 Å². The lowest BCUT2D eigenvalue weighted by Gasteiger charge is -2.17. The Bertz CT molecular complexity index is 590. The van der Waals surface area contributed by atoms with E-state index in [1.54, 1.807) is 6.20 Å². The lowest BCUT2D eigenvalue weighted by Crippen LogP contribution is -2.09. The highest BCUT2D eigenvalue weighted by Crippen LogP contribution is 2.30. The lowest BCUT2D eigenvalue weighted by atomic mass is 9.89. The molecule has 0 bridgehead atoms. The van der Waals surface area contributed by atoms with Crippen LogP contribution >= 0.6 is 0 Å². The van der Waals surface area contributed by atoms with Gasteiger partial charge in [0.2, 0.25) is 0 Å². The normalized spacial score (nSPS) is 12.5. The molecule has 0 radical (unpaired) electrons. The number of pyridine rings is 1. The van der Waals surface area contributed by atoms with Gasteiger partial charge < -0.3 is 0 Å². The summed E-state index contributed by atoms with van der Waals surface area (Å²) in [4.78, 5) is 4.34. The summed E-state index contributed by atoms with van der Waals surface area (Å²) in [5.41, 5.74) is 2.03. The van der Waals surface area contributed by atoms with Gasteiger partial charge in [-0.2, -0.15) is 13.2 Å². The molecule has 1 aromatic heterocycles. The van der Waals surface area contributed by atoms with E-state index in [1.165, 1.54) is 12.1 Å². The first kappa shape index (κ1) is 15.5. The highest BCUT2D eigenvalue weighted by molar-refractivity contribution is 5.59. The Kier molecular flexibility index (Phi) is 4.08. The van der Waals surface area contributed by atoms with Crippen molar-refractivity contribution in [3.05, 3.63) is 53.7 Å². The van der Waals surface area contributed by atoms with Crippen LogP contribution in [-0.4, -0.2) is 4.98 Å². The third kappa shape index (κ3) is 4.31. The van der Waals surface area contributed by atoms with Crippen LogP contribution in [0.2, 0.25) is 0 Å². The van der Waals surface area contributed by atoms with Crippen LogP contribution in [0.3, 0.4) is 0 Å². The van der Waals surface area contributed by atoms with Crippen molar-refractivity contribution in [1.82, 2.24) is 4.98 Å². The molecule has 0 amide bonds. The molecule has 0 aliphatic rings. The maximum Gasteiger partial charge on any atom is 0.416 e. The first-order valence-corrected chi connectivity index (χ1v) is 6.78. The fourth-order valence-electron chi connectivity index (χ4n) is 2.14. The molecule has 0 spiro atoms. The van der Waals surface area contributed by atoms with Crippen molar-refractivity contribution in [3.63, 3.8) is 0 Å². The second-order valence-electron chi connectivity index (χ2n) is 6.36. The molecule has 1 nitrogen and oxygen atoms in total. The molecule has 0 atom stereocenters. The fraction of sp³-hybridized carbons (Fsp3) is 0.353. The molecule has 4 heteroatoms. The third-order valence-corrected chi connectivity index (χ3v) is 3.07. The largest absolute Gasteiger partial charge is 0.416 e. The molecule has 2 aromatic rings. The zero-order chi connectivity index (χ0) is 15.7. The molecule has 1 heterocycles. The third-order valence-electron chi connectivity index (χ3n) is 3.07. The predicted molar refractivity (Wildman–Crippen MR) is 77.8 cm³/mol. The number of aromatic nitrogens is 1. The summed E-state index contributed by atoms with van der Waals surface area (Å²) in [6.45, 7) is 6.45. The lowest BCUT2D eigenvalue weighted by molar-refractivity contribution is -0.137. The summed E-state index contributed by atoms with van der Waals surface area (Å²) in [7, 11) is 0. The first-order chi connectivity index (χ1) is 9.65. The molecule has 0 N–H and O–H groups in total. The zero-order valence-electron chi connectivity index (χ0n) is 12.3. The Hall–Kier alpha value is -1.84. The standard InChI is InChI=1S/C17H18F3N/c1-16(2,3)10-12-4-9-15(21-11-12)13-5-7-14(8-6-13)17(18,19)20/h4-9,11H,10H2,1-3H3. The van der Waals surface area contributed by atoms with Gasteiger partial charge in [0.15, 0.2) is 0 Å². The monoisotopic (exact) mass is 293 g/mol. The highest BCUT2D eigenvalue weighted by Gasteiger charge is 2.29. The topological polar surface area (TPSA) is 12.9 Å². The number of benzene rings is 1. The van der Waals surface area contributed by atoms with E-state index < -0.39 is 11.7 Å². The van der Waals surface area contributed by atoms with Crippen molar-refractivity contribution in [1.29, 1.82) is 0 Å². The molecule has 0 saturated carbocycles. The van der Waals surface area contributed by atoms with Crippen LogP contribution in [-0.2, 0) is 12.6 Å². The van der Waals surface area contributed by atoms with Crippen LogP contribution in [0.25, 0.3) is 11.3 Å². The van der Waals surface area contributed by atoms with Gasteiger partial charge in [-0.3, -0.25) is 4.98 Å². The Morgan fingerprint density at radius 1 is 0.905 bits per heavy atom. The van der Waals surface area contributed by atoms with E-state index in [4.69, 9.17) is 0 Å². The maximum absolute atomic E-state index is 12.5. The van der Waals surface area contributed by atoms with Gasteiger partial charge in [-0.1, -0.05) is 39.0 Å². The SMILES string of the molecule is CC(C)(C)Cc1ccc(-c2ccc(C(F)(F)F)cc2)nc1. The molecule has 0 fully saturated rings. The molecule has 112 valence electrons. The molecule has 1 aromatic carbocycles. The van der Waals surface area contributed by atoms with Crippen LogP contribution < -0.4 is 0 Å². The molecular formula is C17H18F3N. The van der Waals surface area contributed by atoms with Crippen LogP contribution in [0, 0.1) is 5.41 Å². The van der Waals surface area contributed by atoms with E-state index in [0.717, 1.165) is 24.1 Å². The van der Waals surface area contributed by atoms with Crippen molar-refractivity contribution in [3.8, 4) is 11.3 Å². The summed E-state index contributed by atoms with van der Waals surface area (Å²) in [6.07, 6.45) is -1.60. The number of hydrogen-bond donors (Lipinski definition) is 0. The summed E-state index contributed by atoms with van der Waals surface area (Å²) < 4.78 is 37.6. The van der Waals surface area contributed by atoms with Gasteiger partial charge in [-0.15, -0.1) is 0 Å². The molecule has 0 unspecified atom stereocenters. The van der Waals surface area contributed by atoms with E-state index in [2.05, 4.69) is 25.8 Å². The molecule has 0 aliphatic carbocycles. The fourth-order valence-corrected chi connectivity index (χ4v) is 2.14. The molecular weight excluding hydrogens is 275 g/mol. The second kappa shape index (κ2) is 5.51. The summed E-state index contributed by atoms with van der Waals surface area (Å²) in [5.74, 6) is 0. The zero-order valence-corrected chi connectivity index (χ0v) is 12.3. The average molecular weight is 293 g/mol. The van der Waals surface area contributed by atoms with Gasteiger partial charge in [0.05, 0.1) is 11.3 Å². The molecule has 0 aliphatic heterocycles. The first-order valence-electron chi connectivity index (χ1n) is 6.78. The van der Waals surface area contributed by atoms with E-state index in [-0.39, 0.29) is 5.41 Å². The van der Waals surface area contributed by atoms with Crippen LogP contribution in [0.4, 0.5) is 13.2 Å². The molecule has 2 rings (SSSR count). The Balaban J connectivity index is 2.19. The van der Waals surface area contributed by atoms with E-state index in [1.807, 2.05) is 12.1 Å². The van der Waals surface area contributed by atoms with Crippen LogP contribution in [0.15, 0.2) is 42.6 Å². The summed E-state index contributed by atoms with van der Waals surface area (Å²) in [6, 6.07) is 8.90. The van der Waals surface area contributed by atoms with Crippen LogP contribution in [0.5, 0.6) is 0 Å². The van der Waals surface area contributed by atoms with Crippen molar-refractivity contribution in [2.75, 3.05) is 0 Å². The van der Waals surface area contributed by atoms with Crippen LogP contribution in [0.1, 0.15) is 31.9 Å². The van der Waals surface area contributed by atoms with Crippen molar-refractivity contribution >= 4 is 0 Å². The smallest absolute Gasteiger partial charge is 0.256 e. The minimum absolute atomic E-state index is 0.178.